The third kappa shape index (κ3) is 3.78. The Kier molecular flexibility index (Phi) is 5.28. The Labute approximate surface area is 173 Å². The smallest absolute Gasteiger partial charge is 0.408 e. The van der Waals surface area contributed by atoms with Crippen molar-refractivity contribution in [2.24, 2.45) is 0 Å². The molecule has 0 aliphatic heterocycles. The number of nitrogen functional groups attached to an aromatic ring is 1. The maximum atomic E-state index is 13.5. The van der Waals surface area contributed by atoms with Gasteiger partial charge in [-0.05, 0) is 58.0 Å². The van der Waals surface area contributed by atoms with Crippen molar-refractivity contribution >= 4 is 34.3 Å². The zero-order valence-electron chi connectivity index (χ0n) is 16.7. The van der Waals surface area contributed by atoms with Gasteiger partial charge in [0.15, 0.2) is 0 Å². The molecule has 152 valence electrons. The number of hydrogen-bond acceptors (Lipinski definition) is 4. The van der Waals surface area contributed by atoms with Gasteiger partial charge in [0.05, 0.1) is 27.7 Å². The van der Waals surface area contributed by atoms with Gasteiger partial charge in [-0.1, -0.05) is 23.7 Å². The summed E-state index contributed by atoms with van der Waals surface area (Å²) in [6.07, 6.45) is -1.11. The number of nitrogens with two attached hydrogens (primary N) is 1. The van der Waals surface area contributed by atoms with E-state index in [1.807, 2.05) is 0 Å². The number of carbonyl (C=O) groups is 1. The van der Waals surface area contributed by atoms with Crippen molar-refractivity contribution in [2.75, 3.05) is 5.73 Å². The summed E-state index contributed by atoms with van der Waals surface area (Å²) in [6.45, 7) is 7.08. The Morgan fingerprint density at radius 2 is 1.90 bits per heavy atom. The van der Waals surface area contributed by atoms with Crippen LogP contribution >= 0.6 is 11.6 Å². The van der Waals surface area contributed by atoms with Crippen molar-refractivity contribution in [1.29, 1.82) is 0 Å². The van der Waals surface area contributed by atoms with Gasteiger partial charge in [0.25, 0.3) is 5.56 Å². The van der Waals surface area contributed by atoms with Crippen molar-refractivity contribution in [3.05, 3.63) is 63.7 Å². The Bertz CT molecular complexity index is 1150. The summed E-state index contributed by atoms with van der Waals surface area (Å²) in [5.74, 6) is 0.285. The lowest BCUT2D eigenvalue weighted by atomic mass is 10.0. The molecule has 0 aliphatic rings. The van der Waals surface area contributed by atoms with Gasteiger partial charge in [0, 0.05) is 11.2 Å². The Hall–Kier alpha value is -3.06. The van der Waals surface area contributed by atoms with E-state index in [1.165, 1.54) is 9.47 Å². The molecule has 0 saturated heterocycles. The molecule has 2 aromatic carbocycles. The van der Waals surface area contributed by atoms with E-state index >= 15 is 0 Å². The molecule has 3 aromatic rings. The monoisotopic (exact) mass is 414 g/mol. The van der Waals surface area contributed by atoms with Crippen molar-refractivity contribution in [1.82, 2.24) is 14.5 Å². The van der Waals surface area contributed by atoms with E-state index in [2.05, 4.69) is 4.98 Å². The first kappa shape index (κ1) is 20.7. The normalized spacial score (nSPS) is 12.7. The zero-order chi connectivity index (χ0) is 21.5. The number of amides is 1. The van der Waals surface area contributed by atoms with Crippen LogP contribution in [0, 0.1) is 0 Å². The maximum absolute atomic E-state index is 13.5. The highest BCUT2D eigenvalue weighted by molar-refractivity contribution is 6.35. The highest BCUT2D eigenvalue weighted by Crippen LogP contribution is 2.30. The molecule has 0 fully saturated rings. The van der Waals surface area contributed by atoms with Crippen LogP contribution in [0.3, 0.4) is 0 Å². The van der Waals surface area contributed by atoms with Crippen LogP contribution in [0.15, 0.2) is 47.3 Å². The molecule has 8 heteroatoms. The second kappa shape index (κ2) is 7.40. The molecule has 0 saturated carbocycles. The zero-order valence-corrected chi connectivity index (χ0v) is 17.4. The molecular weight excluding hydrogens is 392 g/mol. The van der Waals surface area contributed by atoms with Crippen LogP contribution in [-0.4, -0.2) is 31.2 Å². The third-order valence-electron chi connectivity index (χ3n) is 4.69. The number of anilines is 1. The first-order valence-corrected chi connectivity index (χ1v) is 9.49. The minimum atomic E-state index is -1.11. The van der Waals surface area contributed by atoms with E-state index in [0.29, 0.717) is 16.9 Å². The largest absolute Gasteiger partial charge is 0.465 e. The summed E-state index contributed by atoms with van der Waals surface area (Å²) >= 11 is 6.29. The van der Waals surface area contributed by atoms with Gasteiger partial charge in [0.2, 0.25) is 0 Å². The SMILES string of the molecule is C[C@@H](c1nc2cccc(Cl)c2c(=O)n1-c1cccc(N)c1)N(C(=O)O)C(C)(C)C. The van der Waals surface area contributed by atoms with E-state index in [4.69, 9.17) is 17.3 Å². The summed E-state index contributed by atoms with van der Waals surface area (Å²) in [5.41, 5.74) is 6.20. The highest BCUT2D eigenvalue weighted by atomic mass is 35.5. The third-order valence-corrected chi connectivity index (χ3v) is 5.01. The van der Waals surface area contributed by atoms with E-state index < -0.39 is 17.7 Å². The van der Waals surface area contributed by atoms with Gasteiger partial charge in [-0.2, -0.15) is 0 Å². The lowest BCUT2D eigenvalue weighted by molar-refractivity contribution is 0.0719. The van der Waals surface area contributed by atoms with E-state index in [1.54, 1.807) is 70.2 Å². The van der Waals surface area contributed by atoms with Gasteiger partial charge in [-0.3, -0.25) is 14.3 Å². The topological polar surface area (TPSA) is 101 Å². The van der Waals surface area contributed by atoms with Gasteiger partial charge in [0.1, 0.15) is 5.82 Å². The molecule has 1 amide bonds. The Morgan fingerprint density at radius 1 is 1.24 bits per heavy atom. The average Bonchev–Trinajstić information content (AvgIpc) is 2.59. The Morgan fingerprint density at radius 3 is 2.48 bits per heavy atom. The van der Waals surface area contributed by atoms with E-state index in [9.17, 15) is 14.7 Å². The lowest BCUT2D eigenvalue weighted by Gasteiger charge is -2.38. The molecule has 1 atom stereocenters. The summed E-state index contributed by atoms with van der Waals surface area (Å²) < 4.78 is 1.39. The van der Waals surface area contributed by atoms with Gasteiger partial charge >= 0.3 is 6.09 Å². The first-order valence-electron chi connectivity index (χ1n) is 9.11. The summed E-state index contributed by atoms with van der Waals surface area (Å²) in [7, 11) is 0. The second-order valence-electron chi connectivity index (χ2n) is 7.84. The summed E-state index contributed by atoms with van der Waals surface area (Å²) in [5, 5.41) is 10.4. The molecular formula is C21H23ClN4O3. The Balaban J connectivity index is 2.41. The fraction of sp³-hybridized carbons (Fsp3) is 0.286. The molecule has 0 radical (unpaired) electrons. The van der Waals surface area contributed by atoms with Crippen LogP contribution in [0.1, 0.15) is 39.6 Å². The van der Waals surface area contributed by atoms with Crippen LogP contribution in [0.2, 0.25) is 5.02 Å². The minimum Gasteiger partial charge on any atom is -0.465 e. The van der Waals surface area contributed by atoms with Crippen LogP contribution in [0.25, 0.3) is 16.6 Å². The van der Waals surface area contributed by atoms with Crippen molar-refractivity contribution < 1.29 is 9.90 Å². The number of rotatable bonds is 3. The van der Waals surface area contributed by atoms with Crippen LogP contribution in [0.5, 0.6) is 0 Å². The quantitative estimate of drug-likeness (QED) is 0.616. The van der Waals surface area contributed by atoms with Gasteiger partial charge in [-0.15, -0.1) is 0 Å². The number of fused-ring (bicyclic) bond motifs is 1. The summed E-state index contributed by atoms with van der Waals surface area (Å²) in [6, 6.07) is 11.1. The number of aromatic nitrogens is 2. The second-order valence-corrected chi connectivity index (χ2v) is 8.25. The minimum absolute atomic E-state index is 0.269. The highest BCUT2D eigenvalue weighted by Gasteiger charge is 2.34. The number of nitrogens with zero attached hydrogens (tertiary/aromatic N) is 3. The van der Waals surface area contributed by atoms with E-state index in [-0.39, 0.29) is 21.8 Å². The molecule has 3 rings (SSSR count). The number of carboxylic acid groups (broad SMARTS) is 1. The molecule has 1 aromatic heterocycles. The molecule has 0 aliphatic carbocycles. The predicted octanol–water partition coefficient (Wildman–Crippen LogP) is 4.46. The first-order chi connectivity index (χ1) is 13.5. The number of hydrogen-bond donors (Lipinski definition) is 2. The fourth-order valence-corrected chi connectivity index (χ4v) is 3.80. The molecule has 7 nitrogen and oxygen atoms in total. The molecule has 0 spiro atoms. The van der Waals surface area contributed by atoms with Crippen molar-refractivity contribution in [3.63, 3.8) is 0 Å². The van der Waals surface area contributed by atoms with Crippen LogP contribution < -0.4 is 11.3 Å². The van der Waals surface area contributed by atoms with Crippen molar-refractivity contribution in [2.45, 2.75) is 39.3 Å². The van der Waals surface area contributed by atoms with Crippen molar-refractivity contribution in [3.8, 4) is 5.69 Å². The standard InChI is InChI=1S/C21H23ClN4O3/c1-12(26(20(28)29)21(2,3)4)18-24-16-10-6-9-15(22)17(16)19(27)25(18)14-8-5-7-13(23)11-14/h5-12H,23H2,1-4H3,(H,28,29)/t12-/m0/s1. The maximum Gasteiger partial charge on any atom is 0.408 e. The molecule has 1 heterocycles. The van der Waals surface area contributed by atoms with Gasteiger partial charge < -0.3 is 10.8 Å². The summed E-state index contributed by atoms with van der Waals surface area (Å²) in [4.78, 5) is 31.4. The molecule has 0 bridgehead atoms. The average molecular weight is 415 g/mol. The fourth-order valence-electron chi connectivity index (χ4n) is 3.55. The lowest BCUT2D eigenvalue weighted by Crippen LogP contribution is -2.47. The van der Waals surface area contributed by atoms with Crippen LogP contribution in [-0.2, 0) is 0 Å². The number of halogens is 1. The number of benzene rings is 2. The van der Waals surface area contributed by atoms with E-state index in [0.717, 1.165) is 0 Å². The predicted molar refractivity (Wildman–Crippen MR) is 115 cm³/mol. The molecule has 3 N–H and O–H groups in total. The van der Waals surface area contributed by atoms with Crippen LogP contribution in [0.4, 0.5) is 10.5 Å². The molecule has 29 heavy (non-hydrogen) atoms. The molecule has 0 unspecified atom stereocenters. The van der Waals surface area contributed by atoms with Gasteiger partial charge in [-0.25, -0.2) is 9.78 Å².